The number of sulfonamides is 1. The van der Waals surface area contributed by atoms with Crippen molar-refractivity contribution in [3.05, 3.63) is 24.3 Å². The van der Waals surface area contributed by atoms with E-state index in [0.717, 1.165) is 19.3 Å². The summed E-state index contributed by atoms with van der Waals surface area (Å²) in [6.07, 6.45) is 3.00. The first-order valence-corrected chi connectivity index (χ1v) is 8.79. The van der Waals surface area contributed by atoms with Gasteiger partial charge in [-0.25, -0.2) is 13.1 Å². The third-order valence-electron chi connectivity index (χ3n) is 4.08. The Balaban J connectivity index is 2.09. The van der Waals surface area contributed by atoms with Crippen molar-refractivity contribution in [1.29, 1.82) is 0 Å². The topological polar surface area (TPSA) is 81.4 Å². The van der Waals surface area contributed by atoms with Gasteiger partial charge in [0.05, 0.1) is 4.90 Å². The van der Waals surface area contributed by atoms with Gasteiger partial charge in [-0.3, -0.25) is 0 Å². The molecule has 1 aliphatic carbocycles. The molecule has 0 spiro atoms. The molecule has 0 aromatic heterocycles. The molecule has 1 fully saturated rings. The van der Waals surface area contributed by atoms with Crippen molar-refractivity contribution in [3.63, 3.8) is 0 Å². The Hall–Kier alpha value is -1.11. The van der Waals surface area contributed by atoms with Crippen molar-refractivity contribution < 1.29 is 13.2 Å². The second-order valence-electron chi connectivity index (χ2n) is 6.16. The zero-order valence-corrected chi connectivity index (χ0v) is 13.4. The van der Waals surface area contributed by atoms with E-state index >= 15 is 0 Å². The van der Waals surface area contributed by atoms with Gasteiger partial charge < -0.3 is 10.5 Å². The van der Waals surface area contributed by atoms with Crippen LogP contribution < -0.4 is 15.2 Å². The van der Waals surface area contributed by atoms with Crippen LogP contribution in [0.3, 0.4) is 0 Å². The van der Waals surface area contributed by atoms with Gasteiger partial charge in [-0.15, -0.1) is 0 Å². The molecule has 21 heavy (non-hydrogen) atoms. The molecule has 1 unspecified atom stereocenters. The van der Waals surface area contributed by atoms with Gasteiger partial charge in [0.15, 0.2) is 0 Å². The van der Waals surface area contributed by atoms with Crippen molar-refractivity contribution in [2.75, 3.05) is 13.2 Å². The fraction of sp³-hybridized carbons (Fsp3) is 0.600. The lowest BCUT2D eigenvalue weighted by Crippen LogP contribution is -2.41. The van der Waals surface area contributed by atoms with E-state index in [2.05, 4.69) is 18.6 Å². The molecule has 2 rings (SSSR count). The van der Waals surface area contributed by atoms with Crippen LogP contribution >= 0.6 is 0 Å². The standard InChI is InChI=1S/C15H24N2O3S/c1-15(2)9-3-4-14(15)17-21(18,19)13-7-5-12(6-8-13)20-11-10-16/h5-8,14,17H,3-4,9-11,16H2,1-2H3. The van der Waals surface area contributed by atoms with Gasteiger partial charge in [0.25, 0.3) is 0 Å². The van der Waals surface area contributed by atoms with Crippen LogP contribution in [0.2, 0.25) is 0 Å². The third-order valence-corrected chi connectivity index (χ3v) is 5.56. The number of benzene rings is 1. The monoisotopic (exact) mass is 312 g/mol. The van der Waals surface area contributed by atoms with Crippen LogP contribution in [0, 0.1) is 5.41 Å². The molecular formula is C15H24N2O3S. The normalized spacial score (nSPS) is 21.4. The van der Waals surface area contributed by atoms with Gasteiger partial charge >= 0.3 is 0 Å². The van der Waals surface area contributed by atoms with E-state index in [1.807, 2.05) is 0 Å². The Morgan fingerprint density at radius 1 is 1.33 bits per heavy atom. The van der Waals surface area contributed by atoms with Crippen LogP contribution in [-0.4, -0.2) is 27.6 Å². The van der Waals surface area contributed by atoms with Crippen LogP contribution in [0.5, 0.6) is 5.75 Å². The smallest absolute Gasteiger partial charge is 0.240 e. The highest BCUT2D eigenvalue weighted by molar-refractivity contribution is 7.89. The molecule has 1 aromatic carbocycles. The van der Waals surface area contributed by atoms with Crippen LogP contribution in [-0.2, 0) is 10.0 Å². The third kappa shape index (κ3) is 3.96. The number of hydrogen-bond acceptors (Lipinski definition) is 4. The lowest BCUT2D eigenvalue weighted by Gasteiger charge is -2.27. The summed E-state index contributed by atoms with van der Waals surface area (Å²) in [5.41, 5.74) is 5.37. The van der Waals surface area contributed by atoms with Crippen molar-refractivity contribution >= 4 is 10.0 Å². The summed E-state index contributed by atoms with van der Waals surface area (Å²) in [6, 6.07) is 6.44. The van der Waals surface area contributed by atoms with Crippen molar-refractivity contribution in [2.45, 2.75) is 44.0 Å². The Morgan fingerprint density at radius 2 is 2.00 bits per heavy atom. The Morgan fingerprint density at radius 3 is 2.52 bits per heavy atom. The Kier molecular flexibility index (Phi) is 4.91. The molecule has 118 valence electrons. The molecule has 3 N–H and O–H groups in total. The summed E-state index contributed by atoms with van der Waals surface area (Å²) in [7, 11) is -3.48. The van der Waals surface area contributed by atoms with Crippen LogP contribution in [0.15, 0.2) is 29.2 Å². The number of hydrogen-bond donors (Lipinski definition) is 2. The summed E-state index contributed by atoms with van der Waals surface area (Å²) in [5.74, 6) is 0.626. The molecule has 0 bridgehead atoms. The molecule has 1 atom stereocenters. The molecule has 0 radical (unpaired) electrons. The summed E-state index contributed by atoms with van der Waals surface area (Å²) >= 11 is 0. The number of nitrogens with two attached hydrogens (primary N) is 1. The number of rotatable bonds is 6. The Bertz CT molecular complexity index is 567. The number of ether oxygens (including phenoxy) is 1. The van der Waals surface area contributed by atoms with Crippen LogP contribution in [0.25, 0.3) is 0 Å². The summed E-state index contributed by atoms with van der Waals surface area (Å²) in [5, 5.41) is 0. The van der Waals surface area contributed by atoms with Crippen LogP contribution in [0.4, 0.5) is 0 Å². The zero-order valence-electron chi connectivity index (χ0n) is 12.6. The highest BCUT2D eigenvalue weighted by Crippen LogP contribution is 2.37. The van der Waals surface area contributed by atoms with Crippen LogP contribution in [0.1, 0.15) is 33.1 Å². The average Bonchev–Trinajstić information content (AvgIpc) is 2.75. The van der Waals surface area contributed by atoms with E-state index in [9.17, 15) is 8.42 Å². The van der Waals surface area contributed by atoms with Gasteiger partial charge in [-0.05, 0) is 42.5 Å². The zero-order chi connectivity index (χ0) is 15.5. The van der Waals surface area contributed by atoms with Gasteiger partial charge in [0, 0.05) is 12.6 Å². The first-order valence-electron chi connectivity index (χ1n) is 7.30. The van der Waals surface area contributed by atoms with E-state index in [4.69, 9.17) is 10.5 Å². The van der Waals surface area contributed by atoms with E-state index < -0.39 is 10.0 Å². The van der Waals surface area contributed by atoms with E-state index in [0.29, 0.717) is 18.9 Å². The molecule has 0 saturated heterocycles. The molecular weight excluding hydrogens is 288 g/mol. The first kappa shape index (κ1) is 16.3. The maximum Gasteiger partial charge on any atom is 0.240 e. The maximum absolute atomic E-state index is 12.4. The van der Waals surface area contributed by atoms with Crippen molar-refractivity contribution in [3.8, 4) is 5.75 Å². The highest BCUT2D eigenvalue weighted by Gasteiger charge is 2.37. The minimum Gasteiger partial charge on any atom is -0.492 e. The summed E-state index contributed by atoms with van der Waals surface area (Å²) in [6.45, 7) is 5.06. The molecule has 0 heterocycles. The minimum atomic E-state index is -3.48. The quantitative estimate of drug-likeness (QED) is 0.840. The molecule has 1 aliphatic rings. The van der Waals surface area contributed by atoms with Gasteiger partial charge in [0.2, 0.25) is 10.0 Å². The fourth-order valence-corrected chi connectivity index (χ4v) is 4.13. The van der Waals surface area contributed by atoms with Gasteiger partial charge in [0.1, 0.15) is 12.4 Å². The summed E-state index contributed by atoms with van der Waals surface area (Å²) in [4.78, 5) is 0.269. The van der Waals surface area contributed by atoms with Crippen molar-refractivity contribution in [1.82, 2.24) is 4.72 Å². The van der Waals surface area contributed by atoms with E-state index in [-0.39, 0.29) is 16.4 Å². The average molecular weight is 312 g/mol. The predicted octanol–water partition coefficient (Wildman–Crippen LogP) is 1.88. The molecule has 0 aliphatic heterocycles. The fourth-order valence-electron chi connectivity index (χ4n) is 2.69. The lowest BCUT2D eigenvalue weighted by molar-refractivity contribution is 0.313. The lowest BCUT2D eigenvalue weighted by atomic mass is 9.88. The van der Waals surface area contributed by atoms with Gasteiger partial charge in [-0.2, -0.15) is 0 Å². The molecule has 5 nitrogen and oxygen atoms in total. The summed E-state index contributed by atoms with van der Waals surface area (Å²) < 4.78 is 33.0. The minimum absolute atomic E-state index is 0.00401. The van der Waals surface area contributed by atoms with E-state index in [1.54, 1.807) is 24.3 Å². The predicted molar refractivity (Wildman–Crippen MR) is 82.7 cm³/mol. The van der Waals surface area contributed by atoms with E-state index in [1.165, 1.54) is 0 Å². The largest absolute Gasteiger partial charge is 0.492 e. The second-order valence-corrected chi connectivity index (χ2v) is 7.88. The van der Waals surface area contributed by atoms with Crippen molar-refractivity contribution in [2.24, 2.45) is 11.1 Å². The maximum atomic E-state index is 12.4. The molecule has 1 saturated carbocycles. The molecule has 0 amide bonds. The molecule has 6 heteroatoms. The van der Waals surface area contributed by atoms with Gasteiger partial charge in [-0.1, -0.05) is 20.3 Å². The second kappa shape index (κ2) is 6.34. The number of nitrogens with one attached hydrogen (secondary N) is 1. The first-order chi connectivity index (χ1) is 9.85. The molecule has 1 aromatic rings. The SMILES string of the molecule is CC1(C)CCCC1NS(=O)(=O)c1ccc(OCCN)cc1. The highest BCUT2D eigenvalue weighted by atomic mass is 32.2. The Labute approximate surface area is 126 Å².